The molecule has 1 atom stereocenters. The molecule has 0 spiro atoms. The lowest BCUT2D eigenvalue weighted by molar-refractivity contribution is 0.277. The molecule has 2 heterocycles. The molecule has 1 aromatic heterocycles. The molecule has 1 fully saturated rings. The second-order valence-electron chi connectivity index (χ2n) is 5.35. The van der Waals surface area contributed by atoms with Crippen molar-refractivity contribution in [2.45, 2.75) is 45.6 Å². The van der Waals surface area contributed by atoms with Crippen molar-refractivity contribution in [1.82, 2.24) is 14.9 Å². The van der Waals surface area contributed by atoms with E-state index in [4.69, 9.17) is 0 Å². The molecular formula is C15H27N5. The fourth-order valence-corrected chi connectivity index (χ4v) is 3.02. The third-order valence-corrected chi connectivity index (χ3v) is 4.09. The topological polar surface area (TPSA) is 53.1 Å². The molecule has 1 unspecified atom stereocenters. The van der Waals surface area contributed by atoms with Gasteiger partial charge in [-0.05, 0) is 32.4 Å². The maximum absolute atomic E-state index is 4.44. The summed E-state index contributed by atoms with van der Waals surface area (Å²) >= 11 is 0. The first-order valence-electron chi connectivity index (χ1n) is 7.79. The summed E-state index contributed by atoms with van der Waals surface area (Å²) in [6.45, 7) is 7.78. The van der Waals surface area contributed by atoms with Gasteiger partial charge >= 0.3 is 0 Å². The lowest BCUT2D eigenvalue weighted by Gasteiger charge is -2.24. The third kappa shape index (κ3) is 3.39. The minimum absolute atomic E-state index is 0.641. The average Bonchev–Trinajstić information content (AvgIpc) is 2.93. The number of likely N-dealkylation sites (N-methyl/N-ethyl adjacent to an activating group) is 1. The minimum atomic E-state index is 0.641. The van der Waals surface area contributed by atoms with Crippen LogP contribution in [0, 0.1) is 0 Å². The fraction of sp³-hybridized carbons (Fsp3) is 0.733. The highest BCUT2D eigenvalue weighted by Gasteiger charge is 2.23. The first-order valence-corrected chi connectivity index (χ1v) is 7.79. The Bertz CT molecular complexity index is 421. The summed E-state index contributed by atoms with van der Waals surface area (Å²) in [6, 6.07) is 0.641. The number of nitrogens with zero attached hydrogens (tertiary/aromatic N) is 3. The van der Waals surface area contributed by atoms with Crippen LogP contribution in [0.4, 0.5) is 11.6 Å². The smallest absolute Gasteiger partial charge is 0.134 e. The highest BCUT2D eigenvalue weighted by Crippen LogP contribution is 2.23. The molecule has 2 rings (SSSR count). The molecular weight excluding hydrogens is 250 g/mol. The van der Waals surface area contributed by atoms with Crippen LogP contribution in [0.2, 0.25) is 0 Å². The van der Waals surface area contributed by atoms with Gasteiger partial charge in [-0.2, -0.15) is 0 Å². The molecule has 1 aliphatic heterocycles. The van der Waals surface area contributed by atoms with Crippen molar-refractivity contribution >= 4 is 11.6 Å². The van der Waals surface area contributed by atoms with Crippen LogP contribution in [0.15, 0.2) is 6.33 Å². The summed E-state index contributed by atoms with van der Waals surface area (Å²) in [6.07, 6.45) is 6.34. The Labute approximate surface area is 122 Å². The number of anilines is 2. The molecule has 1 saturated heterocycles. The van der Waals surface area contributed by atoms with Gasteiger partial charge in [-0.3, -0.25) is 4.90 Å². The first-order chi connectivity index (χ1) is 9.80. The lowest BCUT2D eigenvalue weighted by atomic mass is 10.1. The van der Waals surface area contributed by atoms with Crippen molar-refractivity contribution in [2.75, 3.05) is 37.3 Å². The largest absolute Gasteiger partial charge is 0.373 e. The van der Waals surface area contributed by atoms with Gasteiger partial charge < -0.3 is 10.6 Å². The molecule has 0 aliphatic carbocycles. The van der Waals surface area contributed by atoms with Gasteiger partial charge in [0.1, 0.15) is 18.0 Å². The highest BCUT2D eigenvalue weighted by atomic mass is 15.2. The Morgan fingerprint density at radius 1 is 1.30 bits per heavy atom. The quantitative estimate of drug-likeness (QED) is 0.801. The average molecular weight is 277 g/mol. The fourth-order valence-electron chi connectivity index (χ4n) is 3.02. The van der Waals surface area contributed by atoms with Crippen LogP contribution < -0.4 is 10.6 Å². The van der Waals surface area contributed by atoms with E-state index < -0.39 is 0 Å². The number of rotatable bonds is 7. The molecule has 0 saturated carbocycles. The second kappa shape index (κ2) is 7.43. The van der Waals surface area contributed by atoms with Crippen molar-refractivity contribution in [2.24, 2.45) is 0 Å². The van der Waals surface area contributed by atoms with E-state index in [1.165, 1.54) is 24.9 Å². The zero-order chi connectivity index (χ0) is 14.4. The number of aromatic nitrogens is 2. The van der Waals surface area contributed by atoms with E-state index >= 15 is 0 Å². The predicted octanol–water partition coefficient (Wildman–Crippen LogP) is 2.37. The molecule has 0 aromatic carbocycles. The van der Waals surface area contributed by atoms with Crippen LogP contribution in [-0.2, 0) is 6.42 Å². The SMILES string of the molecule is CCCc1c(NC)ncnc1NCC1CCCN1CC. The van der Waals surface area contributed by atoms with Crippen LogP contribution >= 0.6 is 0 Å². The Balaban J connectivity index is 2.05. The normalized spacial score (nSPS) is 19.2. The van der Waals surface area contributed by atoms with Gasteiger partial charge in [-0.25, -0.2) is 9.97 Å². The standard InChI is InChI=1S/C15H27N5/c1-4-7-13-14(16-3)18-11-19-15(13)17-10-12-8-6-9-20(12)5-2/h11-12H,4-10H2,1-3H3,(H2,16,17,18,19). The Morgan fingerprint density at radius 3 is 2.80 bits per heavy atom. The molecule has 0 bridgehead atoms. The van der Waals surface area contributed by atoms with Crippen LogP contribution in [0.5, 0.6) is 0 Å². The number of hydrogen-bond acceptors (Lipinski definition) is 5. The van der Waals surface area contributed by atoms with E-state index in [-0.39, 0.29) is 0 Å². The number of hydrogen-bond donors (Lipinski definition) is 2. The molecule has 0 amide bonds. The van der Waals surface area contributed by atoms with Gasteiger partial charge in [0.15, 0.2) is 0 Å². The third-order valence-electron chi connectivity index (χ3n) is 4.09. The molecule has 5 nitrogen and oxygen atoms in total. The van der Waals surface area contributed by atoms with E-state index in [1.807, 2.05) is 7.05 Å². The van der Waals surface area contributed by atoms with Crippen molar-refractivity contribution in [3.05, 3.63) is 11.9 Å². The summed E-state index contributed by atoms with van der Waals surface area (Å²) in [4.78, 5) is 11.3. The number of nitrogens with one attached hydrogen (secondary N) is 2. The first kappa shape index (κ1) is 15.0. The number of likely N-dealkylation sites (tertiary alicyclic amines) is 1. The van der Waals surface area contributed by atoms with E-state index in [1.54, 1.807) is 6.33 Å². The molecule has 20 heavy (non-hydrogen) atoms. The maximum Gasteiger partial charge on any atom is 0.134 e. The predicted molar refractivity (Wildman–Crippen MR) is 84.3 cm³/mol. The summed E-state index contributed by atoms with van der Waals surface area (Å²) < 4.78 is 0. The van der Waals surface area contributed by atoms with Crippen LogP contribution in [0.3, 0.4) is 0 Å². The molecule has 112 valence electrons. The van der Waals surface area contributed by atoms with Crippen LogP contribution in [0.1, 0.15) is 38.7 Å². The van der Waals surface area contributed by atoms with Gasteiger partial charge in [0.05, 0.1) is 0 Å². The van der Waals surface area contributed by atoms with Gasteiger partial charge in [0.2, 0.25) is 0 Å². The van der Waals surface area contributed by atoms with E-state index in [0.29, 0.717) is 6.04 Å². The van der Waals surface area contributed by atoms with Gasteiger partial charge in [0, 0.05) is 25.2 Å². The van der Waals surface area contributed by atoms with Gasteiger partial charge in [-0.15, -0.1) is 0 Å². The van der Waals surface area contributed by atoms with Crippen molar-refractivity contribution in [3.63, 3.8) is 0 Å². The molecule has 5 heteroatoms. The van der Waals surface area contributed by atoms with Crippen LogP contribution in [0.25, 0.3) is 0 Å². The zero-order valence-electron chi connectivity index (χ0n) is 12.9. The van der Waals surface area contributed by atoms with Gasteiger partial charge in [0.25, 0.3) is 0 Å². The maximum atomic E-state index is 4.44. The minimum Gasteiger partial charge on any atom is -0.373 e. The van der Waals surface area contributed by atoms with Gasteiger partial charge in [-0.1, -0.05) is 20.3 Å². The monoisotopic (exact) mass is 277 g/mol. The zero-order valence-corrected chi connectivity index (χ0v) is 12.9. The molecule has 1 aliphatic rings. The Hall–Kier alpha value is -1.36. The molecule has 2 N–H and O–H groups in total. The summed E-state index contributed by atoms with van der Waals surface area (Å²) in [5, 5.41) is 6.71. The van der Waals surface area contributed by atoms with Crippen molar-refractivity contribution < 1.29 is 0 Å². The summed E-state index contributed by atoms with van der Waals surface area (Å²) in [7, 11) is 1.92. The van der Waals surface area contributed by atoms with Crippen LogP contribution in [-0.4, -0.2) is 47.6 Å². The van der Waals surface area contributed by atoms with E-state index in [0.717, 1.165) is 37.6 Å². The Morgan fingerprint density at radius 2 is 2.10 bits per heavy atom. The lowest BCUT2D eigenvalue weighted by Crippen LogP contribution is -2.35. The second-order valence-corrected chi connectivity index (χ2v) is 5.35. The van der Waals surface area contributed by atoms with Crippen molar-refractivity contribution in [3.8, 4) is 0 Å². The summed E-state index contributed by atoms with van der Waals surface area (Å²) in [5.74, 6) is 1.94. The Kier molecular flexibility index (Phi) is 5.59. The molecule has 1 aromatic rings. The molecule has 0 radical (unpaired) electrons. The van der Waals surface area contributed by atoms with E-state index in [2.05, 4.69) is 39.3 Å². The highest BCUT2D eigenvalue weighted by molar-refractivity contribution is 5.57. The summed E-state index contributed by atoms with van der Waals surface area (Å²) in [5.41, 5.74) is 1.21. The van der Waals surface area contributed by atoms with Crippen molar-refractivity contribution in [1.29, 1.82) is 0 Å². The van der Waals surface area contributed by atoms with E-state index in [9.17, 15) is 0 Å².